The maximum atomic E-state index is 7.15. The predicted octanol–water partition coefficient (Wildman–Crippen LogP) is 15.5. The van der Waals surface area contributed by atoms with Gasteiger partial charge in [0.1, 0.15) is 0 Å². The second-order valence-electron chi connectivity index (χ2n) is 17.8. The molecule has 306 valence electrons. The van der Waals surface area contributed by atoms with Crippen molar-refractivity contribution in [1.29, 1.82) is 0 Å². The molecule has 4 aliphatic carbocycles. The van der Waals surface area contributed by atoms with Crippen molar-refractivity contribution in [2.24, 2.45) is 23.7 Å². The van der Waals surface area contributed by atoms with Gasteiger partial charge >= 0.3 is 0 Å². The molecule has 1 saturated carbocycles. The fourth-order valence-corrected chi connectivity index (χ4v) is 12.1. The van der Waals surface area contributed by atoms with Crippen molar-refractivity contribution in [2.75, 3.05) is 4.90 Å². The Kier molecular flexibility index (Phi) is 8.52. The molecule has 8 aromatic carbocycles. The molecule has 0 saturated heterocycles. The molecule has 0 bridgehead atoms. The summed E-state index contributed by atoms with van der Waals surface area (Å²) >= 11 is 0. The van der Waals surface area contributed by atoms with Gasteiger partial charge in [0.25, 0.3) is 0 Å². The summed E-state index contributed by atoms with van der Waals surface area (Å²) in [6.45, 7) is 0. The highest BCUT2D eigenvalue weighted by Crippen LogP contribution is 2.69. The number of anilines is 3. The summed E-state index contributed by atoms with van der Waals surface area (Å²) in [6, 6.07) is 72.4. The van der Waals surface area contributed by atoms with Crippen molar-refractivity contribution in [2.45, 2.75) is 18.3 Å². The van der Waals surface area contributed by atoms with Crippen molar-refractivity contribution in [3.63, 3.8) is 0 Å². The van der Waals surface area contributed by atoms with Gasteiger partial charge in [-0.05, 0) is 123 Å². The first kappa shape index (κ1) is 37.0. The predicted molar refractivity (Wildman–Crippen MR) is 260 cm³/mol. The molecule has 1 spiro atoms. The number of benzene rings is 8. The number of rotatable bonds is 6. The van der Waals surface area contributed by atoms with Gasteiger partial charge in [0.2, 0.25) is 0 Å². The van der Waals surface area contributed by atoms with E-state index in [1.165, 1.54) is 39.8 Å². The van der Waals surface area contributed by atoms with E-state index in [1.807, 2.05) is 0 Å². The van der Waals surface area contributed by atoms with Crippen molar-refractivity contribution in [3.05, 3.63) is 247 Å². The lowest BCUT2D eigenvalue weighted by atomic mass is 9.63. The zero-order valence-corrected chi connectivity index (χ0v) is 35.3. The van der Waals surface area contributed by atoms with Crippen molar-refractivity contribution in [1.82, 2.24) is 0 Å². The Morgan fingerprint density at radius 2 is 0.984 bits per heavy atom. The summed E-state index contributed by atoms with van der Waals surface area (Å²) in [4.78, 5) is 2.37. The van der Waals surface area contributed by atoms with Crippen molar-refractivity contribution >= 4 is 17.1 Å². The van der Waals surface area contributed by atoms with Crippen LogP contribution in [0.2, 0.25) is 0 Å². The van der Waals surface area contributed by atoms with E-state index in [0.29, 0.717) is 23.5 Å². The zero-order valence-electron chi connectivity index (χ0n) is 35.3. The SMILES string of the molecule is C1=CC2C(CC1)C1C=C3Oc4ccc(N(c5ccc(-c6ccccc6)c(-c6ccccc6)c5)c5ccccc5-c5ccccc5)cc4OC3=CC1C21c2ccccc2-c2ccccc21. The molecule has 13 rings (SSSR count). The average Bonchev–Trinajstić information content (AvgIpc) is 3.83. The normalized spacial score (nSPS) is 20.2. The number of para-hydroxylation sites is 1. The molecule has 4 unspecified atom stereocenters. The van der Waals surface area contributed by atoms with Gasteiger partial charge in [-0.1, -0.05) is 176 Å². The topological polar surface area (TPSA) is 21.7 Å². The second-order valence-corrected chi connectivity index (χ2v) is 17.8. The number of fused-ring (bicyclic) bond motifs is 12. The van der Waals surface area contributed by atoms with E-state index in [9.17, 15) is 0 Å². The quantitative estimate of drug-likeness (QED) is 0.156. The number of hydrogen-bond acceptors (Lipinski definition) is 3. The molecule has 1 aliphatic heterocycles. The molecule has 5 aliphatic rings. The van der Waals surface area contributed by atoms with E-state index in [-0.39, 0.29) is 11.3 Å². The summed E-state index contributed by atoms with van der Waals surface area (Å²) in [6.07, 6.45) is 12.1. The van der Waals surface area contributed by atoms with Crippen molar-refractivity contribution < 1.29 is 9.47 Å². The van der Waals surface area contributed by atoms with Crippen LogP contribution in [0.3, 0.4) is 0 Å². The Hall–Kier alpha value is -7.62. The van der Waals surface area contributed by atoms with Gasteiger partial charge in [0, 0.05) is 28.7 Å². The summed E-state index contributed by atoms with van der Waals surface area (Å²) in [5.74, 6) is 4.48. The zero-order chi connectivity index (χ0) is 42.2. The van der Waals surface area contributed by atoms with Crippen LogP contribution in [-0.4, -0.2) is 0 Å². The molecule has 3 heteroatoms. The molecule has 8 aromatic rings. The molecule has 1 heterocycles. The van der Waals surface area contributed by atoms with Crippen LogP contribution < -0.4 is 14.4 Å². The second kappa shape index (κ2) is 14.7. The highest BCUT2D eigenvalue weighted by molar-refractivity contribution is 5.93. The Labute approximate surface area is 374 Å². The van der Waals surface area contributed by atoms with Crippen LogP contribution in [0.25, 0.3) is 44.5 Å². The van der Waals surface area contributed by atoms with Crippen LogP contribution in [0.1, 0.15) is 24.0 Å². The van der Waals surface area contributed by atoms with Crippen LogP contribution in [-0.2, 0) is 5.41 Å². The van der Waals surface area contributed by atoms with Crippen LogP contribution in [0.4, 0.5) is 17.1 Å². The van der Waals surface area contributed by atoms with Crippen molar-refractivity contribution in [3.8, 4) is 56.0 Å². The Bertz CT molecular complexity index is 3160. The first-order valence-corrected chi connectivity index (χ1v) is 22.7. The van der Waals surface area contributed by atoms with Gasteiger partial charge in [0.05, 0.1) is 11.4 Å². The number of nitrogens with zero attached hydrogens (tertiary/aromatic N) is 1. The molecule has 1 fully saturated rings. The lowest BCUT2D eigenvalue weighted by Crippen LogP contribution is -2.38. The average molecular weight is 824 g/mol. The number of hydrogen-bond donors (Lipinski definition) is 0. The summed E-state index contributed by atoms with van der Waals surface area (Å²) < 4.78 is 14.1. The molecule has 3 nitrogen and oxygen atoms in total. The van der Waals surface area contributed by atoms with E-state index in [0.717, 1.165) is 63.0 Å². The maximum absolute atomic E-state index is 7.15. The standard InChI is InChI=1S/C61H45NO2/c1-4-18-40(19-5-1)45-34-32-43(36-50(45)42-22-8-3-9-23-42)62(56-31-17-13-24-46(56)41-20-6-2-7-21-41)44-33-35-57-58(37-44)64-60-39-55-51(38-59(60)63-57)49-27-12-16-30-54(49)61(55)52-28-14-10-25-47(52)48-26-11-15-29-53(48)61/h1-11,13-26,28-39,49,51,54-55H,12,27H2. The van der Waals surface area contributed by atoms with E-state index >= 15 is 0 Å². The number of ether oxygens (including phenoxy) is 2. The van der Waals surface area contributed by atoms with Crippen LogP contribution in [0.5, 0.6) is 11.5 Å². The summed E-state index contributed by atoms with van der Waals surface area (Å²) in [5.41, 5.74) is 15.5. The minimum Gasteiger partial charge on any atom is -0.450 e. The van der Waals surface area contributed by atoms with Gasteiger partial charge in [-0.25, -0.2) is 0 Å². The Morgan fingerprint density at radius 3 is 1.69 bits per heavy atom. The molecule has 0 aromatic heterocycles. The monoisotopic (exact) mass is 823 g/mol. The van der Waals surface area contributed by atoms with Crippen LogP contribution in [0, 0.1) is 23.7 Å². The van der Waals surface area contributed by atoms with E-state index in [2.05, 4.69) is 229 Å². The van der Waals surface area contributed by atoms with Gasteiger partial charge in [-0.15, -0.1) is 0 Å². The minimum absolute atomic E-state index is 0.194. The molecular formula is C61H45NO2. The minimum atomic E-state index is -0.194. The van der Waals surface area contributed by atoms with Gasteiger partial charge in [-0.2, -0.15) is 0 Å². The van der Waals surface area contributed by atoms with Gasteiger partial charge in [0.15, 0.2) is 23.0 Å². The molecular weight excluding hydrogens is 779 g/mol. The third kappa shape index (κ3) is 5.60. The van der Waals surface area contributed by atoms with E-state index in [4.69, 9.17) is 9.47 Å². The van der Waals surface area contributed by atoms with E-state index in [1.54, 1.807) is 0 Å². The van der Waals surface area contributed by atoms with Crippen LogP contribution in [0.15, 0.2) is 236 Å². The molecule has 64 heavy (non-hydrogen) atoms. The molecule has 0 amide bonds. The lowest BCUT2D eigenvalue weighted by Gasteiger charge is -2.40. The first-order valence-electron chi connectivity index (χ1n) is 22.7. The fourth-order valence-electron chi connectivity index (χ4n) is 12.1. The molecule has 4 atom stereocenters. The fraction of sp³-hybridized carbons (Fsp3) is 0.115. The Balaban J connectivity index is 0.961. The Morgan fingerprint density at radius 1 is 0.438 bits per heavy atom. The third-order valence-electron chi connectivity index (χ3n) is 14.7. The summed E-state index contributed by atoms with van der Waals surface area (Å²) in [7, 11) is 0. The molecule has 0 radical (unpaired) electrons. The highest BCUT2D eigenvalue weighted by atomic mass is 16.6. The largest absolute Gasteiger partial charge is 0.450 e. The molecule has 0 N–H and O–H groups in total. The van der Waals surface area contributed by atoms with E-state index < -0.39 is 0 Å². The highest BCUT2D eigenvalue weighted by Gasteiger charge is 2.63. The maximum Gasteiger partial charge on any atom is 0.172 e. The number of allylic oxidation sites excluding steroid dienone is 4. The van der Waals surface area contributed by atoms with Gasteiger partial charge in [-0.3, -0.25) is 0 Å². The van der Waals surface area contributed by atoms with Crippen LogP contribution >= 0.6 is 0 Å². The lowest BCUT2D eigenvalue weighted by molar-refractivity contribution is 0.262. The smallest absolute Gasteiger partial charge is 0.172 e. The third-order valence-corrected chi connectivity index (χ3v) is 14.7. The first-order chi connectivity index (χ1) is 31.7. The van der Waals surface area contributed by atoms with Gasteiger partial charge < -0.3 is 14.4 Å². The summed E-state index contributed by atoms with van der Waals surface area (Å²) in [5, 5.41) is 0.